The Kier molecular flexibility index (Phi) is 5.64. The molecule has 2 aromatic rings. The molecule has 1 N–H and O–H groups in total. The summed E-state index contributed by atoms with van der Waals surface area (Å²) in [5, 5.41) is 12.2. The van der Waals surface area contributed by atoms with Crippen LogP contribution < -0.4 is 4.74 Å². The molecule has 0 saturated carbocycles. The van der Waals surface area contributed by atoms with Crippen LogP contribution in [0.1, 0.15) is 41.5 Å². The molecule has 0 spiro atoms. The van der Waals surface area contributed by atoms with Crippen LogP contribution in [0, 0.1) is 13.8 Å². The Labute approximate surface area is 163 Å². The van der Waals surface area contributed by atoms with E-state index in [9.17, 15) is 5.11 Å². The molecule has 0 aliphatic carbocycles. The average molecular weight is 414 g/mol. The van der Waals surface area contributed by atoms with E-state index in [1.165, 1.54) is 0 Å². The van der Waals surface area contributed by atoms with E-state index < -0.39 is 5.60 Å². The summed E-state index contributed by atoms with van der Waals surface area (Å²) in [6, 6.07) is 11.8. The van der Waals surface area contributed by atoms with Crippen LogP contribution in [0.5, 0.6) is 5.75 Å². The van der Waals surface area contributed by atoms with Gasteiger partial charge in [-0.25, -0.2) is 0 Å². The Bertz CT molecular complexity index is 872. The Morgan fingerprint density at radius 2 is 1.81 bits per heavy atom. The van der Waals surface area contributed by atoms with Crippen LogP contribution in [0.3, 0.4) is 0 Å². The van der Waals surface area contributed by atoms with Crippen molar-refractivity contribution < 1.29 is 9.84 Å². The van der Waals surface area contributed by atoms with Gasteiger partial charge in [0.25, 0.3) is 0 Å². The molecular formula is C22H24BrNO2. The zero-order chi connectivity index (χ0) is 18.7. The summed E-state index contributed by atoms with van der Waals surface area (Å²) < 4.78 is 6.46. The molecule has 0 amide bonds. The molecular weight excluding hydrogens is 390 g/mol. The van der Waals surface area contributed by atoms with E-state index in [1.54, 1.807) is 7.11 Å². The molecule has 0 fully saturated rings. The number of aliphatic imine (C=N–C) groups is 1. The van der Waals surface area contributed by atoms with Gasteiger partial charge in [-0.3, -0.25) is 4.99 Å². The minimum Gasteiger partial charge on any atom is -0.495 e. The molecule has 1 atom stereocenters. The fraction of sp³-hybridized carbons (Fsp3) is 0.318. The third-order valence-corrected chi connectivity index (χ3v) is 5.66. The molecule has 136 valence electrons. The van der Waals surface area contributed by atoms with Crippen molar-refractivity contribution in [2.45, 2.75) is 38.7 Å². The lowest BCUT2D eigenvalue weighted by Gasteiger charge is -2.33. The van der Waals surface area contributed by atoms with E-state index in [0.717, 1.165) is 40.4 Å². The van der Waals surface area contributed by atoms with Crippen molar-refractivity contribution in [1.29, 1.82) is 0 Å². The van der Waals surface area contributed by atoms with Crippen LogP contribution in [0.25, 0.3) is 0 Å². The number of para-hydroxylation sites is 1. The second kappa shape index (κ2) is 7.77. The van der Waals surface area contributed by atoms with Gasteiger partial charge >= 0.3 is 0 Å². The summed E-state index contributed by atoms with van der Waals surface area (Å²) in [7, 11) is 1.62. The highest BCUT2D eigenvalue weighted by Crippen LogP contribution is 2.46. The first kappa shape index (κ1) is 18.9. The summed E-state index contributed by atoms with van der Waals surface area (Å²) in [6.45, 7) is 4.10. The summed E-state index contributed by atoms with van der Waals surface area (Å²) in [5.74, 6) is 0.622. The van der Waals surface area contributed by atoms with Gasteiger partial charge in [-0.15, -0.1) is 0 Å². The second-order valence-electron chi connectivity index (χ2n) is 6.61. The van der Waals surface area contributed by atoms with Gasteiger partial charge in [-0.2, -0.15) is 0 Å². The van der Waals surface area contributed by atoms with E-state index >= 15 is 0 Å². The van der Waals surface area contributed by atoms with Crippen molar-refractivity contribution in [2.75, 3.05) is 7.11 Å². The van der Waals surface area contributed by atoms with Crippen molar-refractivity contribution in [3.8, 4) is 5.75 Å². The lowest BCUT2D eigenvalue weighted by atomic mass is 9.79. The maximum absolute atomic E-state index is 12.2. The normalized spacial score (nSPS) is 16.6. The molecule has 3 nitrogen and oxygen atoms in total. The molecule has 3 rings (SSSR count). The fourth-order valence-electron chi connectivity index (χ4n) is 3.47. The topological polar surface area (TPSA) is 41.8 Å². The number of nitrogens with zero attached hydrogens (tertiary/aromatic N) is 1. The van der Waals surface area contributed by atoms with Crippen molar-refractivity contribution in [2.24, 2.45) is 4.99 Å². The third-order valence-electron chi connectivity index (χ3n) is 5.03. The van der Waals surface area contributed by atoms with Gasteiger partial charge in [0.05, 0.1) is 17.3 Å². The Balaban J connectivity index is 2.35. The second-order valence-corrected chi connectivity index (χ2v) is 7.46. The van der Waals surface area contributed by atoms with Gasteiger partial charge in [0.1, 0.15) is 5.75 Å². The van der Waals surface area contributed by atoms with Crippen molar-refractivity contribution in [3.05, 3.63) is 74.9 Å². The number of aryl methyl sites for hydroxylation is 1. The number of allylic oxidation sites excluding steroid dienone is 1. The largest absolute Gasteiger partial charge is 0.495 e. The number of ether oxygens (including phenoxy) is 1. The molecule has 2 aromatic carbocycles. The molecule has 1 aliphatic heterocycles. The highest BCUT2D eigenvalue weighted by Gasteiger charge is 2.40. The predicted octanol–water partition coefficient (Wildman–Crippen LogP) is 5.45. The van der Waals surface area contributed by atoms with E-state index in [4.69, 9.17) is 4.74 Å². The van der Waals surface area contributed by atoms with Crippen LogP contribution in [-0.4, -0.2) is 18.4 Å². The number of benzene rings is 2. The Morgan fingerprint density at radius 1 is 1.08 bits per heavy atom. The van der Waals surface area contributed by atoms with Crippen molar-refractivity contribution in [1.82, 2.24) is 0 Å². The summed E-state index contributed by atoms with van der Waals surface area (Å²) in [5.41, 5.74) is 2.98. The molecule has 1 aliphatic rings. The summed E-state index contributed by atoms with van der Waals surface area (Å²) in [6.07, 6.45) is 6.79. The van der Waals surface area contributed by atoms with Crippen LogP contribution in [0.2, 0.25) is 0 Å². The van der Waals surface area contributed by atoms with Crippen LogP contribution in [0.4, 0.5) is 0 Å². The number of hydrogen-bond acceptors (Lipinski definition) is 3. The number of rotatable bonds is 4. The molecule has 0 aromatic heterocycles. The highest BCUT2D eigenvalue weighted by atomic mass is 79.9. The van der Waals surface area contributed by atoms with Gasteiger partial charge in [0.2, 0.25) is 0 Å². The van der Waals surface area contributed by atoms with E-state index in [-0.39, 0.29) is 0 Å². The Hall–Kier alpha value is -1.91. The minimum absolute atomic E-state index is 0.622. The standard InChI is InChI=1S/C22H24BrNO2/c1-15-9-7-10-17(16(15)2)22(25,20-13-5-4-6-14-24-20)18-11-8-12-19(23)21(18)26-3/h7-14,25H,4-6H2,1-3H3. The van der Waals surface area contributed by atoms with Gasteiger partial charge in [0.15, 0.2) is 5.60 Å². The molecule has 26 heavy (non-hydrogen) atoms. The molecule has 0 bridgehead atoms. The lowest BCUT2D eigenvalue weighted by Crippen LogP contribution is -2.31. The number of hydrogen-bond donors (Lipinski definition) is 1. The fourth-order valence-corrected chi connectivity index (χ4v) is 4.00. The molecule has 1 unspecified atom stereocenters. The molecule has 1 heterocycles. The molecule has 4 heteroatoms. The van der Waals surface area contributed by atoms with Crippen LogP contribution in [0.15, 0.2) is 57.6 Å². The van der Waals surface area contributed by atoms with Gasteiger partial charge in [-0.05, 0) is 71.8 Å². The molecule has 0 saturated heterocycles. The predicted molar refractivity (Wildman–Crippen MR) is 110 cm³/mol. The first-order valence-corrected chi connectivity index (χ1v) is 9.64. The average Bonchev–Trinajstić information content (AvgIpc) is 2.93. The number of aliphatic hydroxyl groups is 1. The summed E-state index contributed by atoms with van der Waals surface area (Å²) >= 11 is 3.55. The quantitative estimate of drug-likeness (QED) is 0.723. The van der Waals surface area contributed by atoms with E-state index in [0.29, 0.717) is 17.0 Å². The van der Waals surface area contributed by atoms with Crippen molar-refractivity contribution >= 4 is 22.1 Å². The SMILES string of the molecule is COc1c(Br)cccc1C(O)(C1=CCCCC=N1)c1cccc(C)c1C. The zero-order valence-corrected chi connectivity index (χ0v) is 17.0. The monoisotopic (exact) mass is 413 g/mol. The highest BCUT2D eigenvalue weighted by molar-refractivity contribution is 9.10. The lowest BCUT2D eigenvalue weighted by molar-refractivity contribution is 0.115. The van der Waals surface area contributed by atoms with Gasteiger partial charge < -0.3 is 9.84 Å². The maximum Gasteiger partial charge on any atom is 0.160 e. The third kappa shape index (κ3) is 3.24. The maximum atomic E-state index is 12.2. The van der Waals surface area contributed by atoms with Gasteiger partial charge in [-0.1, -0.05) is 36.4 Å². The summed E-state index contributed by atoms with van der Waals surface area (Å²) in [4.78, 5) is 4.64. The number of halogens is 1. The smallest absolute Gasteiger partial charge is 0.160 e. The van der Waals surface area contributed by atoms with E-state index in [1.807, 2.05) is 49.5 Å². The van der Waals surface area contributed by atoms with Crippen molar-refractivity contribution in [3.63, 3.8) is 0 Å². The zero-order valence-electron chi connectivity index (χ0n) is 15.4. The van der Waals surface area contributed by atoms with Gasteiger partial charge in [0, 0.05) is 11.8 Å². The van der Waals surface area contributed by atoms with Crippen LogP contribution >= 0.6 is 15.9 Å². The van der Waals surface area contributed by atoms with Crippen LogP contribution in [-0.2, 0) is 5.60 Å². The number of methoxy groups -OCH3 is 1. The minimum atomic E-state index is -1.38. The Morgan fingerprint density at radius 3 is 2.58 bits per heavy atom. The first-order chi connectivity index (χ1) is 12.5. The first-order valence-electron chi connectivity index (χ1n) is 8.85. The van der Waals surface area contributed by atoms with E-state index in [2.05, 4.69) is 33.9 Å². The molecule has 0 radical (unpaired) electrons.